The Balaban J connectivity index is 1.91. The fourth-order valence-corrected chi connectivity index (χ4v) is 3.28. The normalized spacial score (nSPS) is 12.1. The van der Waals surface area contributed by atoms with Gasteiger partial charge >= 0.3 is 0 Å². The molecule has 2 aromatic carbocycles. The van der Waals surface area contributed by atoms with Gasteiger partial charge in [-0.25, -0.2) is 4.39 Å². The molecule has 1 heterocycles. The number of rotatable bonds is 6. The summed E-state index contributed by atoms with van der Waals surface area (Å²) in [4.78, 5) is 10.4. The number of benzene rings is 2. The number of nitrogens with two attached hydrogens (primary N) is 1. The van der Waals surface area contributed by atoms with E-state index in [1.165, 1.54) is 36.0 Å². The largest absolute Gasteiger partial charge is 0.322 e. The third-order valence-corrected chi connectivity index (χ3v) is 4.67. The number of halogens is 1. The van der Waals surface area contributed by atoms with Gasteiger partial charge in [0.15, 0.2) is 11.0 Å². The summed E-state index contributed by atoms with van der Waals surface area (Å²) in [5, 5.41) is 19.8. The van der Waals surface area contributed by atoms with Crippen molar-refractivity contribution < 1.29 is 9.31 Å². The standard InChI is InChI=1S/C17H16FN5O2S/c1-11(19)16-20-21-17(26-10-12-2-4-13(18)5-3-12)22(16)14-6-8-15(9-7-14)23(24)25/h2-9,11H,10,19H2,1H3/t11-/m1/s1. The Hall–Kier alpha value is -2.78. The second-order valence-corrected chi connectivity index (χ2v) is 6.60. The van der Waals surface area contributed by atoms with Crippen LogP contribution in [-0.4, -0.2) is 19.7 Å². The van der Waals surface area contributed by atoms with E-state index in [1.807, 2.05) is 0 Å². The van der Waals surface area contributed by atoms with Crippen LogP contribution in [0.5, 0.6) is 0 Å². The monoisotopic (exact) mass is 373 g/mol. The van der Waals surface area contributed by atoms with Crippen molar-refractivity contribution in [2.45, 2.75) is 23.9 Å². The van der Waals surface area contributed by atoms with Gasteiger partial charge in [0.25, 0.3) is 5.69 Å². The Morgan fingerprint density at radius 3 is 2.42 bits per heavy atom. The van der Waals surface area contributed by atoms with E-state index in [-0.39, 0.29) is 17.5 Å². The Morgan fingerprint density at radius 2 is 1.85 bits per heavy atom. The summed E-state index contributed by atoms with van der Waals surface area (Å²) in [5.74, 6) is 0.845. The van der Waals surface area contributed by atoms with Gasteiger partial charge in [0.2, 0.25) is 0 Å². The molecular formula is C17H16FN5O2S. The second-order valence-electron chi connectivity index (χ2n) is 5.65. The quantitative estimate of drug-likeness (QED) is 0.402. The zero-order valence-electron chi connectivity index (χ0n) is 13.9. The molecule has 0 saturated heterocycles. The number of hydrogen-bond donors (Lipinski definition) is 1. The second kappa shape index (κ2) is 7.63. The lowest BCUT2D eigenvalue weighted by atomic mass is 10.2. The van der Waals surface area contributed by atoms with E-state index in [0.717, 1.165) is 5.56 Å². The summed E-state index contributed by atoms with van der Waals surface area (Å²) < 4.78 is 14.8. The van der Waals surface area contributed by atoms with Crippen molar-refractivity contribution in [2.75, 3.05) is 0 Å². The first-order chi connectivity index (χ1) is 12.5. The predicted octanol–water partition coefficient (Wildman–Crippen LogP) is 3.63. The molecule has 3 rings (SSSR count). The molecule has 7 nitrogen and oxygen atoms in total. The predicted molar refractivity (Wildman–Crippen MR) is 96.6 cm³/mol. The maximum absolute atomic E-state index is 13.0. The zero-order chi connectivity index (χ0) is 18.7. The molecule has 3 aromatic rings. The molecule has 0 aliphatic carbocycles. The smallest absolute Gasteiger partial charge is 0.269 e. The SMILES string of the molecule is C[C@@H](N)c1nnc(SCc2ccc(F)cc2)n1-c1ccc([N+](=O)[O-])cc1. The van der Waals surface area contributed by atoms with E-state index in [2.05, 4.69) is 10.2 Å². The van der Waals surface area contributed by atoms with E-state index in [9.17, 15) is 14.5 Å². The molecule has 0 saturated carbocycles. The number of thioether (sulfide) groups is 1. The fraction of sp³-hybridized carbons (Fsp3) is 0.176. The van der Waals surface area contributed by atoms with Gasteiger partial charge in [-0.3, -0.25) is 14.7 Å². The van der Waals surface area contributed by atoms with Crippen LogP contribution in [0.3, 0.4) is 0 Å². The molecule has 0 fully saturated rings. The van der Waals surface area contributed by atoms with Gasteiger partial charge in [0.1, 0.15) is 5.82 Å². The first-order valence-electron chi connectivity index (χ1n) is 7.78. The molecule has 2 N–H and O–H groups in total. The summed E-state index contributed by atoms with van der Waals surface area (Å²) in [7, 11) is 0. The maximum atomic E-state index is 13.0. The zero-order valence-corrected chi connectivity index (χ0v) is 14.7. The molecule has 1 atom stereocenters. The minimum atomic E-state index is -0.452. The van der Waals surface area contributed by atoms with Gasteiger partial charge in [-0.05, 0) is 36.8 Å². The van der Waals surface area contributed by atoms with Crippen LogP contribution in [0.1, 0.15) is 24.4 Å². The Kier molecular flexibility index (Phi) is 5.29. The molecule has 0 unspecified atom stereocenters. The number of nitro benzene ring substituents is 1. The summed E-state index contributed by atoms with van der Waals surface area (Å²) in [6.45, 7) is 1.79. The van der Waals surface area contributed by atoms with Crippen LogP contribution in [0.2, 0.25) is 0 Å². The average Bonchev–Trinajstić information content (AvgIpc) is 3.05. The fourth-order valence-electron chi connectivity index (χ4n) is 2.36. The number of nitro groups is 1. The van der Waals surface area contributed by atoms with Crippen molar-refractivity contribution in [2.24, 2.45) is 5.73 Å². The van der Waals surface area contributed by atoms with Crippen molar-refractivity contribution in [3.8, 4) is 5.69 Å². The van der Waals surface area contributed by atoms with Crippen LogP contribution < -0.4 is 5.73 Å². The van der Waals surface area contributed by atoms with Crippen LogP contribution in [0.15, 0.2) is 53.7 Å². The highest BCUT2D eigenvalue weighted by molar-refractivity contribution is 7.98. The van der Waals surface area contributed by atoms with Crippen LogP contribution >= 0.6 is 11.8 Å². The molecule has 0 aliphatic rings. The maximum Gasteiger partial charge on any atom is 0.269 e. The Bertz CT molecular complexity index is 910. The van der Waals surface area contributed by atoms with E-state index in [4.69, 9.17) is 5.73 Å². The number of nitrogens with zero attached hydrogens (tertiary/aromatic N) is 4. The van der Waals surface area contributed by atoms with Gasteiger partial charge in [0, 0.05) is 23.6 Å². The molecule has 0 amide bonds. The summed E-state index contributed by atoms with van der Waals surface area (Å²) in [6.07, 6.45) is 0. The van der Waals surface area contributed by atoms with Crippen molar-refractivity contribution in [1.29, 1.82) is 0 Å². The highest BCUT2D eigenvalue weighted by atomic mass is 32.2. The van der Waals surface area contributed by atoms with E-state index in [1.54, 1.807) is 35.8 Å². The third kappa shape index (κ3) is 3.89. The van der Waals surface area contributed by atoms with Gasteiger partial charge in [0.05, 0.1) is 11.0 Å². The summed E-state index contributed by atoms with van der Waals surface area (Å²) >= 11 is 1.43. The lowest BCUT2D eigenvalue weighted by molar-refractivity contribution is -0.384. The molecule has 1 aromatic heterocycles. The molecule has 0 bridgehead atoms. The summed E-state index contributed by atoms with van der Waals surface area (Å²) in [5.41, 5.74) is 7.62. The lowest BCUT2D eigenvalue weighted by Crippen LogP contribution is -2.13. The van der Waals surface area contributed by atoms with Gasteiger partial charge in [-0.1, -0.05) is 23.9 Å². The van der Waals surface area contributed by atoms with Crippen molar-refractivity contribution in [3.05, 3.63) is 75.9 Å². The average molecular weight is 373 g/mol. The summed E-state index contributed by atoms with van der Waals surface area (Å²) in [6, 6.07) is 12.0. The van der Waals surface area contributed by atoms with Gasteiger partial charge in [-0.2, -0.15) is 0 Å². The molecule has 0 spiro atoms. The molecule has 26 heavy (non-hydrogen) atoms. The molecule has 134 valence electrons. The minimum Gasteiger partial charge on any atom is -0.322 e. The number of hydrogen-bond acceptors (Lipinski definition) is 6. The molecular weight excluding hydrogens is 357 g/mol. The molecule has 0 radical (unpaired) electrons. The van der Waals surface area contributed by atoms with Crippen molar-refractivity contribution >= 4 is 17.4 Å². The highest BCUT2D eigenvalue weighted by Gasteiger charge is 2.18. The van der Waals surface area contributed by atoms with E-state index in [0.29, 0.717) is 22.4 Å². The number of aromatic nitrogens is 3. The Labute approximate surface area is 153 Å². The highest BCUT2D eigenvalue weighted by Crippen LogP contribution is 2.28. The van der Waals surface area contributed by atoms with Gasteiger partial charge in [-0.15, -0.1) is 10.2 Å². The van der Waals surface area contributed by atoms with Gasteiger partial charge < -0.3 is 5.73 Å². The van der Waals surface area contributed by atoms with Crippen molar-refractivity contribution in [1.82, 2.24) is 14.8 Å². The first-order valence-corrected chi connectivity index (χ1v) is 8.77. The first kappa shape index (κ1) is 18.0. The minimum absolute atomic E-state index is 0.00434. The van der Waals surface area contributed by atoms with Crippen LogP contribution in [0.4, 0.5) is 10.1 Å². The Morgan fingerprint density at radius 1 is 1.19 bits per heavy atom. The van der Waals surface area contributed by atoms with Crippen LogP contribution in [-0.2, 0) is 5.75 Å². The van der Waals surface area contributed by atoms with Crippen LogP contribution in [0.25, 0.3) is 5.69 Å². The number of non-ortho nitro benzene ring substituents is 1. The van der Waals surface area contributed by atoms with Crippen LogP contribution in [0, 0.1) is 15.9 Å². The lowest BCUT2D eigenvalue weighted by Gasteiger charge is -2.12. The molecule has 9 heteroatoms. The molecule has 0 aliphatic heterocycles. The van der Waals surface area contributed by atoms with Crippen molar-refractivity contribution in [3.63, 3.8) is 0 Å². The third-order valence-electron chi connectivity index (χ3n) is 3.67. The topological polar surface area (TPSA) is 99.9 Å². The van der Waals surface area contributed by atoms with E-state index < -0.39 is 4.92 Å². The van der Waals surface area contributed by atoms with E-state index >= 15 is 0 Å².